The summed E-state index contributed by atoms with van der Waals surface area (Å²) in [7, 11) is 1.76. The number of aromatic nitrogens is 1. The van der Waals surface area contributed by atoms with Gasteiger partial charge in [0.05, 0.1) is 18.4 Å². The maximum atomic E-state index is 12.0. The average Bonchev–Trinajstić information content (AvgIpc) is 3.09. The van der Waals surface area contributed by atoms with Gasteiger partial charge in [0, 0.05) is 18.5 Å². The molecule has 0 bridgehead atoms. The van der Waals surface area contributed by atoms with Crippen LogP contribution in [0.2, 0.25) is 0 Å². The van der Waals surface area contributed by atoms with Gasteiger partial charge < -0.3 is 14.8 Å². The van der Waals surface area contributed by atoms with Crippen molar-refractivity contribution in [1.82, 2.24) is 4.98 Å². The Morgan fingerprint density at radius 3 is 2.90 bits per heavy atom. The molecule has 0 saturated heterocycles. The van der Waals surface area contributed by atoms with E-state index in [1.807, 2.05) is 26.2 Å². The lowest BCUT2D eigenvalue weighted by molar-refractivity contribution is -0.148. The van der Waals surface area contributed by atoms with Crippen molar-refractivity contribution in [3.05, 3.63) is 11.1 Å². The third-order valence-corrected chi connectivity index (χ3v) is 4.75. The van der Waals surface area contributed by atoms with E-state index in [0.717, 1.165) is 30.1 Å². The highest BCUT2D eigenvalue weighted by Gasteiger charge is 2.34. The fourth-order valence-electron chi connectivity index (χ4n) is 2.50. The molecule has 21 heavy (non-hydrogen) atoms. The number of hydrogen-bond donors (Lipinski definition) is 1. The maximum absolute atomic E-state index is 12.0. The van der Waals surface area contributed by atoms with Gasteiger partial charge in [-0.3, -0.25) is 4.79 Å². The highest BCUT2D eigenvalue weighted by atomic mass is 32.1. The number of hydrogen-bond acceptors (Lipinski definition) is 6. The number of thiazole rings is 1. The predicted molar refractivity (Wildman–Crippen MR) is 83.8 cm³/mol. The zero-order valence-corrected chi connectivity index (χ0v) is 14.0. The standard InChI is InChI=1S/C15H24N2O3S/c1-5-20-13(18)15(2,3)12-9-21-14(17-12)16-10-6-7-11(8-10)19-4/h9-11H,5-8H2,1-4H3,(H,16,17). The van der Waals surface area contributed by atoms with Gasteiger partial charge in [0.15, 0.2) is 5.13 Å². The number of rotatable bonds is 6. The second-order valence-corrected chi connectivity index (χ2v) is 6.75. The van der Waals surface area contributed by atoms with Gasteiger partial charge in [0.25, 0.3) is 0 Å². The van der Waals surface area contributed by atoms with Crippen molar-refractivity contribution in [2.75, 3.05) is 19.0 Å². The Labute approximate surface area is 130 Å². The number of ether oxygens (including phenoxy) is 2. The number of nitrogens with zero attached hydrogens (tertiary/aromatic N) is 1. The van der Waals surface area contributed by atoms with Crippen LogP contribution in [0.1, 0.15) is 45.7 Å². The lowest BCUT2D eigenvalue weighted by Crippen LogP contribution is -2.31. The molecule has 1 aromatic heterocycles. The van der Waals surface area contributed by atoms with Crippen molar-refractivity contribution in [3.63, 3.8) is 0 Å². The topological polar surface area (TPSA) is 60.5 Å². The molecule has 1 aromatic rings. The molecule has 0 amide bonds. The summed E-state index contributed by atoms with van der Waals surface area (Å²) < 4.78 is 10.5. The van der Waals surface area contributed by atoms with Gasteiger partial charge in [0.1, 0.15) is 5.41 Å². The van der Waals surface area contributed by atoms with E-state index in [4.69, 9.17) is 9.47 Å². The van der Waals surface area contributed by atoms with Crippen LogP contribution in [0.3, 0.4) is 0 Å². The molecule has 0 aliphatic heterocycles. The summed E-state index contributed by atoms with van der Waals surface area (Å²) in [5, 5.41) is 6.24. The molecule has 0 aromatic carbocycles. The third-order valence-electron chi connectivity index (χ3n) is 3.98. The van der Waals surface area contributed by atoms with Crippen molar-refractivity contribution in [1.29, 1.82) is 0 Å². The number of nitrogens with one attached hydrogen (secondary N) is 1. The Morgan fingerprint density at radius 2 is 2.29 bits per heavy atom. The quantitative estimate of drug-likeness (QED) is 0.818. The van der Waals surface area contributed by atoms with Crippen molar-refractivity contribution < 1.29 is 14.3 Å². The van der Waals surface area contributed by atoms with E-state index in [-0.39, 0.29) is 5.97 Å². The smallest absolute Gasteiger partial charge is 0.317 e. The predicted octanol–water partition coefficient (Wildman–Crippen LogP) is 2.96. The van der Waals surface area contributed by atoms with Crippen molar-refractivity contribution in [3.8, 4) is 0 Å². The lowest BCUT2D eigenvalue weighted by Gasteiger charge is -2.19. The maximum Gasteiger partial charge on any atom is 0.317 e. The summed E-state index contributed by atoms with van der Waals surface area (Å²) in [6.07, 6.45) is 3.53. The second kappa shape index (κ2) is 6.75. The van der Waals surface area contributed by atoms with Gasteiger partial charge in [-0.15, -0.1) is 11.3 Å². The SMILES string of the molecule is CCOC(=O)C(C)(C)c1csc(NC2CCC(OC)C2)n1. The van der Waals surface area contributed by atoms with E-state index in [1.165, 1.54) is 11.3 Å². The molecule has 1 aliphatic carbocycles. The van der Waals surface area contributed by atoms with Gasteiger partial charge in [-0.25, -0.2) is 4.98 Å². The number of anilines is 1. The number of methoxy groups -OCH3 is 1. The van der Waals surface area contributed by atoms with Gasteiger partial charge in [-0.1, -0.05) is 0 Å². The Hall–Kier alpha value is -1.14. The van der Waals surface area contributed by atoms with E-state index >= 15 is 0 Å². The van der Waals surface area contributed by atoms with Crippen molar-refractivity contribution in [2.24, 2.45) is 0 Å². The summed E-state index contributed by atoms with van der Waals surface area (Å²) in [4.78, 5) is 16.6. The first-order valence-corrected chi connectivity index (χ1v) is 8.28. The first-order valence-electron chi connectivity index (χ1n) is 7.40. The second-order valence-electron chi connectivity index (χ2n) is 5.90. The molecule has 1 aliphatic rings. The fourth-order valence-corrected chi connectivity index (χ4v) is 3.46. The highest BCUT2D eigenvalue weighted by molar-refractivity contribution is 7.13. The fraction of sp³-hybridized carbons (Fsp3) is 0.733. The zero-order chi connectivity index (χ0) is 15.5. The Balaban J connectivity index is 1.99. The average molecular weight is 312 g/mol. The molecular weight excluding hydrogens is 288 g/mol. The summed E-state index contributed by atoms with van der Waals surface area (Å²) in [5.41, 5.74) is 0.0479. The van der Waals surface area contributed by atoms with E-state index < -0.39 is 5.41 Å². The van der Waals surface area contributed by atoms with Gasteiger partial charge >= 0.3 is 5.97 Å². The van der Waals surface area contributed by atoms with Crippen LogP contribution in [-0.4, -0.2) is 36.8 Å². The van der Waals surface area contributed by atoms with Gasteiger partial charge in [-0.05, 0) is 40.0 Å². The minimum absolute atomic E-state index is 0.234. The van der Waals surface area contributed by atoms with E-state index in [1.54, 1.807) is 7.11 Å². The molecule has 118 valence electrons. The zero-order valence-electron chi connectivity index (χ0n) is 13.1. The lowest BCUT2D eigenvalue weighted by atomic mass is 9.90. The minimum Gasteiger partial charge on any atom is -0.465 e. The first-order chi connectivity index (χ1) is 9.97. The number of carbonyl (C=O) groups is 1. The molecule has 2 unspecified atom stereocenters. The molecule has 0 spiro atoms. The molecular formula is C15H24N2O3S. The highest BCUT2D eigenvalue weighted by Crippen LogP contribution is 2.31. The molecule has 1 heterocycles. The molecule has 5 nitrogen and oxygen atoms in total. The van der Waals surface area contributed by atoms with Crippen LogP contribution in [-0.2, 0) is 19.7 Å². The van der Waals surface area contributed by atoms with Crippen LogP contribution in [0.5, 0.6) is 0 Å². The van der Waals surface area contributed by atoms with Crippen LogP contribution < -0.4 is 5.32 Å². The van der Waals surface area contributed by atoms with E-state index in [2.05, 4.69) is 10.3 Å². The van der Waals surface area contributed by atoms with E-state index in [9.17, 15) is 4.79 Å². The molecule has 1 N–H and O–H groups in total. The first kappa shape index (κ1) is 16.2. The van der Waals surface area contributed by atoms with Gasteiger partial charge in [-0.2, -0.15) is 0 Å². The van der Waals surface area contributed by atoms with Crippen LogP contribution in [0, 0.1) is 0 Å². The van der Waals surface area contributed by atoms with E-state index in [0.29, 0.717) is 18.8 Å². The van der Waals surface area contributed by atoms with Crippen LogP contribution in [0.15, 0.2) is 5.38 Å². The number of esters is 1. The van der Waals surface area contributed by atoms with Crippen LogP contribution in [0.25, 0.3) is 0 Å². The normalized spacial score (nSPS) is 22.3. The number of carbonyl (C=O) groups excluding carboxylic acids is 1. The minimum atomic E-state index is -0.711. The molecule has 1 fully saturated rings. The molecule has 2 rings (SSSR count). The van der Waals surface area contributed by atoms with Crippen molar-refractivity contribution >= 4 is 22.4 Å². The van der Waals surface area contributed by atoms with Gasteiger partial charge in [0.2, 0.25) is 0 Å². The van der Waals surface area contributed by atoms with Crippen LogP contribution >= 0.6 is 11.3 Å². The molecule has 2 atom stereocenters. The Kier molecular flexibility index (Phi) is 5.22. The molecule has 0 radical (unpaired) electrons. The monoisotopic (exact) mass is 312 g/mol. The summed E-state index contributed by atoms with van der Waals surface area (Å²) in [5.74, 6) is -0.234. The van der Waals surface area contributed by atoms with Crippen molar-refractivity contribution in [2.45, 2.75) is 57.6 Å². The Bertz CT molecular complexity index is 487. The van der Waals surface area contributed by atoms with Crippen LogP contribution in [0.4, 0.5) is 5.13 Å². The molecule has 6 heteroatoms. The summed E-state index contributed by atoms with van der Waals surface area (Å²) >= 11 is 1.54. The third kappa shape index (κ3) is 3.74. The summed E-state index contributed by atoms with van der Waals surface area (Å²) in [6.45, 7) is 5.90. The molecule has 1 saturated carbocycles. The Morgan fingerprint density at radius 1 is 1.52 bits per heavy atom. The largest absolute Gasteiger partial charge is 0.465 e. The summed E-state index contributed by atoms with van der Waals surface area (Å²) in [6, 6.07) is 0.402.